The zero-order chi connectivity index (χ0) is 15.0. The highest BCUT2D eigenvalue weighted by molar-refractivity contribution is 5.03. The molecule has 20 heavy (non-hydrogen) atoms. The van der Waals surface area contributed by atoms with Gasteiger partial charge in [-0.25, -0.2) is 4.39 Å². The molecule has 0 spiro atoms. The second-order valence-corrected chi connectivity index (χ2v) is 7.89. The molecule has 0 saturated carbocycles. The van der Waals surface area contributed by atoms with Crippen LogP contribution in [-0.4, -0.2) is 66.9 Å². The van der Waals surface area contributed by atoms with E-state index in [1.54, 1.807) is 0 Å². The van der Waals surface area contributed by atoms with Crippen molar-refractivity contribution in [1.29, 1.82) is 0 Å². The molecular weight excluding hydrogens is 255 g/mol. The minimum atomic E-state index is -1.07. The van der Waals surface area contributed by atoms with Crippen LogP contribution >= 0.6 is 0 Å². The molecule has 0 amide bonds. The molecular formula is C16H31FN2O. The fourth-order valence-corrected chi connectivity index (χ4v) is 3.59. The first-order chi connectivity index (χ1) is 9.21. The molecule has 0 bridgehead atoms. The van der Waals surface area contributed by atoms with Gasteiger partial charge in [0, 0.05) is 38.3 Å². The molecule has 2 fully saturated rings. The topological polar surface area (TPSA) is 15.7 Å². The molecule has 0 N–H and O–H groups in total. The van der Waals surface area contributed by atoms with Gasteiger partial charge < -0.3 is 4.74 Å². The van der Waals surface area contributed by atoms with E-state index in [9.17, 15) is 0 Å². The monoisotopic (exact) mass is 286 g/mol. The van der Waals surface area contributed by atoms with E-state index in [1.165, 1.54) is 0 Å². The molecule has 0 aromatic heterocycles. The van der Waals surface area contributed by atoms with Crippen molar-refractivity contribution in [2.75, 3.05) is 39.4 Å². The number of rotatable bonds is 3. The standard InChI is InChI=1S/C16H31FN2O/c1-13(2)19-12-16(17,10-14(19)15(3,4)5)11-18-6-8-20-9-7-18/h13-14H,6-12H2,1-5H3/t14-,16?/m0/s1. The van der Waals surface area contributed by atoms with Crippen LogP contribution in [-0.2, 0) is 4.74 Å². The van der Waals surface area contributed by atoms with Crippen LogP contribution in [0.3, 0.4) is 0 Å². The minimum Gasteiger partial charge on any atom is -0.379 e. The molecule has 3 nitrogen and oxygen atoms in total. The van der Waals surface area contributed by atoms with Gasteiger partial charge in [0.2, 0.25) is 0 Å². The molecule has 2 aliphatic heterocycles. The van der Waals surface area contributed by atoms with E-state index >= 15 is 4.39 Å². The van der Waals surface area contributed by atoms with Crippen molar-refractivity contribution in [3.05, 3.63) is 0 Å². The number of alkyl halides is 1. The molecule has 2 aliphatic rings. The van der Waals surface area contributed by atoms with E-state index in [0.717, 1.165) is 26.3 Å². The summed E-state index contributed by atoms with van der Waals surface area (Å²) < 4.78 is 20.7. The maximum Gasteiger partial charge on any atom is 0.137 e. The van der Waals surface area contributed by atoms with Gasteiger partial charge in [-0.1, -0.05) is 20.8 Å². The molecule has 4 heteroatoms. The van der Waals surface area contributed by atoms with Gasteiger partial charge in [0.15, 0.2) is 0 Å². The summed E-state index contributed by atoms with van der Waals surface area (Å²) in [5.74, 6) is 0. The summed E-state index contributed by atoms with van der Waals surface area (Å²) in [5.41, 5.74) is -0.942. The summed E-state index contributed by atoms with van der Waals surface area (Å²) >= 11 is 0. The van der Waals surface area contributed by atoms with Gasteiger partial charge in [-0.3, -0.25) is 9.80 Å². The molecule has 118 valence electrons. The summed E-state index contributed by atoms with van der Waals surface area (Å²) in [5, 5.41) is 0. The van der Waals surface area contributed by atoms with Crippen molar-refractivity contribution in [3.8, 4) is 0 Å². The Morgan fingerprint density at radius 2 is 1.85 bits per heavy atom. The summed E-state index contributed by atoms with van der Waals surface area (Å²) in [7, 11) is 0. The summed E-state index contributed by atoms with van der Waals surface area (Å²) in [6.07, 6.45) is 0.659. The van der Waals surface area contributed by atoms with Gasteiger partial charge in [0.05, 0.1) is 13.2 Å². The smallest absolute Gasteiger partial charge is 0.137 e. The summed E-state index contributed by atoms with van der Waals surface area (Å²) in [6, 6.07) is 0.732. The molecule has 2 rings (SSSR count). The van der Waals surface area contributed by atoms with Crippen molar-refractivity contribution >= 4 is 0 Å². The SMILES string of the molecule is CC(C)N1CC(F)(CN2CCOCC2)C[C@H]1C(C)(C)C. The van der Waals surface area contributed by atoms with Gasteiger partial charge >= 0.3 is 0 Å². The second kappa shape index (κ2) is 5.90. The van der Waals surface area contributed by atoms with Crippen molar-refractivity contribution < 1.29 is 9.13 Å². The van der Waals surface area contributed by atoms with E-state index in [2.05, 4.69) is 44.4 Å². The normalized spacial score (nSPS) is 34.0. The molecule has 0 aromatic carbocycles. The van der Waals surface area contributed by atoms with Gasteiger partial charge in [-0.05, 0) is 25.7 Å². The van der Waals surface area contributed by atoms with E-state index < -0.39 is 5.67 Å². The van der Waals surface area contributed by atoms with Crippen LogP contribution in [0.4, 0.5) is 4.39 Å². The highest BCUT2D eigenvalue weighted by Crippen LogP contribution is 2.41. The van der Waals surface area contributed by atoms with Crippen LogP contribution in [0.1, 0.15) is 41.0 Å². The van der Waals surface area contributed by atoms with Crippen molar-refractivity contribution in [1.82, 2.24) is 9.80 Å². The molecule has 2 saturated heterocycles. The maximum atomic E-state index is 15.4. The molecule has 0 radical (unpaired) electrons. The molecule has 0 aliphatic carbocycles. The summed E-state index contributed by atoms with van der Waals surface area (Å²) in [6.45, 7) is 15.4. The number of hydrogen-bond donors (Lipinski definition) is 0. The number of halogens is 1. The third-order valence-corrected chi connectivity index (χ3v) is 4.70. The summed E-state index contributed by atoms with van der Waals surface area (Å²) in [4.78, 5) is 4.59. The number of nitrogens with zero attached hydrogens (tertiary/aromatic N) is 2. The van der Waals surface area contributed by atoms with Crippen LogP contribution in [0.25, 0.3) is 0 Å². The molecule has 1 unspecified atom stereocenters. The maximum absolute atomic E-state index is 15.4. The quantitative estimate of drug-likeness (QED) is 0.793. The van der Waals surface area contributed by atoms with E-state index in [1.807, 2.05) is 0 Å². The highest BCUT2D eigenvalue weighted by Gasteiger charge is 2.49. The third-order valence-electron chi connectivity index (χ3n) is 4.70. The van der Waals surface area contributed by atoms with Crippen LogP contribution in [0, 0.1) is 5.41 Å². The van der Waals surface area contributed by atoms with Crippen molar-refractivity contribution in [2.45, 2.75) is 58.8 Å². The first kappa shape index (κ1) is 16.2. The lowest BCUT2D eigenvalue weighted by Crippen LogP contribution is -2.47. The second-order valence-electron chi connectivity index (χ2n) is 7.89. The van der Waals surface area contributed by atoms with Crippen LogP contribution < -0.4 is 0 Å². The molecule has 2 heterocycles. The Kier molecular flexibility index (Phi) is 4.77. The average Bonchev–Trinajstić information content (AvgIpc) is 2.68. The molecule has 0 aromatic rings. The van der Waals surface area contributed by atoms with Crippen molar-refractivity contribution in [2.24, 2.45) is 5.41 Å². The van der Waals surface area contributed by atoms with Crippen LogP contribution in [0.2, 0.25) is 0 Å². The first-order valence-electron chi connectivity index (χ1n) is 7.96. The predicted octanol–water partition coefficient (Wildman–Crippen LogP) is 2.56. The number of morpholine rings is 1. The fraction of sp³-hybridized carbons (Fsp3) is 1.00. The van der Waals surface area contributed by atoms with E-state index in [-0.39, 0.29) is 5.41 Å². The zero-order valence-electron chi connectivity index (χ0n) is 13.8. The Balaban J connectivity index is 2.05. The van der Waals surface area contributed by atoms with E-state index in [4.69, 9.17) is 4.74 Å². The Hall–Kier alpha value is -0.190. The predicted molar refractivity (Wildman–Crippen MR) is 80.8 cm³/mol. The highest BCUT2D eigenvalue weighted by atomic mass is 19.1. The van der Waals surface area contributed by atoms with Crippen LogP contribution in [0.5, 0.6) is 0 Å². The molecule has 2 atom stereocenters. The lowest BCUT2D eigenvalue weighted by Gasteiger charge is -2.37. The van der Waals surface area contributed by atoms with Crippen LogP contribution in [0.15, 0.2) is 0 Å². The third kappa shape index (κ3) is 3.71. The fourth-order valence-electron chi connectivity index (χ4n) is 3.59. The number of hydrogen-bond acceptors (Lipinski definition) is 3. The van der Waals surface area contributed by atoms with Gasteiger partial charge in [0.1, 0.15) is 5.67 Å². The Labute approximate surface area is 123 Å². The number of likely N-dealkylation sites (tertiary alicyclic amines) is 1. The number of ether oxygens (including phenoxy) is 1. The lowest BCUT2D eigenvalue weighted by atomic mass is 9.82. The Bertz CT molecular complexity index is 323. The van der Waals surface area contributed by atoms with Gasteiger partial charge in [0.25, 0.3) is 0 Å². The minimum absolute atomic E-state index is 0.128. The van der Waals surface area contributed by atoms with E-state index in [0.29, 0.717) is 31.6 Å². The van der Waals surface area contributed by atoms with Crippen molar-refractivity contribution in [3.63, 3.8) is 0 Å². The van der Waals surface area contributed by atoms with Gasteiger partial charge in [-0.15, -0.1) is 0 Å². The Morgan fingerprint density at radius 3 is 2.30 bits per heavy atom. The first-order valence-corrected chi connectivity index (χ1v) is 7.96. The largest absolute Gasteiger partial charge is 0.379 e. The van der Waals surface area contributed by atoms with Gasteiger partial charge in [-0.2, -0.15) is 0 Å². The zero-order valence-corrected chi connectivity index (χ0v) is 13.8. The average molecular weight is 286 g/mol. The Morgan fingerprint density at radius 1 is 1.25 bits per heavy atom. The lowest BCUT2D eigenvalue weighted by molar-refractivity contribution is 0.00697.